The highest BCUT2D eigenvalue weighted by Gasteiger charge is 2.30. The lowest BCUT2D eigenvalue weighted by atomic mass is 9.80. The first-order valence-corrected chi connectivity index (χ1v) is 10.0. The molecule has 0 atom stereocenters. The van der Waals surface area contributed by atoms with Gasteiger partial charge < -0.3 is 4.74 Å². The highest BCUT2D eigenvalue weighted by Crippen LogP contribution is 2.36. The van der Waals surface area contributed by atoms with E-state index in [1.807, 2.05) is 0 Å². The first-order valence-electron chi connectivity index (χ1n) is 10.0. The summed E-state index contributed by atoms with van der Waals surface area (Å²) in [6.07, 6.45) is 7.53. The Labute approximate surface area is 171 Å². The molecule has 7 heteroatoms. The maximum atomic E-state index is 14.6. The van der Waals surface area contributed by atoms with E-state index < -0.39 is 12.4 Å². The molecular formula is C23H20F3N3O. The fourth-order valence-corrected chi connectivity index (χ4v) is 4.21. The van der Waals surface area contributed by atoms with Crippen molar-refractivity contribution < 1.29 is 17.9 Å². The number of aromatic nitrogens is 3. The third kappa shape index (κ3) is 3.09. The molecule has 0 unspecified atom stereocenters. The zero-order chi connectivity index (χ0) is 20.8. The van der Waals surface area contributed by atoms with Crippen LogP contribution < -0.4 is 4.74 Å². The molecule has 1 saturated carbocycles. The van der Waals surface area contributed by atoms with Gasteiger partial charge in [0.05, 0.1) is 11.0 Å². The first-order chi connectivity index (χ1) is 14.5. The molecule has 0 saturated heterocycles. The Morgan fingerprint density at radius 1 is 1.07 bits per heavy atom. The fourth-order valence-electron chi connectivity index (χ4n) is 4.21. The van der Waals surface area contributed by atoms with Crippen molar-refractivity contribution in [2.45, 2.75) is 38.8 Å². The van der Waals surface area contributed by atoms with Crippen LogP contribution >= 0.6 is 0 Å². The highest BCUT2D eigenvalue weighted by atomic mass is 19.3. The number of halogens is 3. The lowest BCUT2D eigenvalue weighted by Gasteiger charge is -2.34. The Kier molecular flexibility index (Phi) is 4.60. The molecule has 3 heterocycles. The van der Waals surface area contributed by atoms with Crippen LogP contribution in [0.1, 0.15) is 32.7 Å². The van der Waals surface area contributed by atoms with E-state index >= 15 is 0 Å². The summed E-state index contributed by atoms with van der Waals surface area (Å²) >= 11 is 0. The lowest BCUT2D eigenvalue weighted by molar-refractivity contribution is 0.0553. The number of nitrogens with zero attached hydrogens (tertiary/aromatic N) is 3. The number of pyridine rings is 2. The third-order valence-electron chi connectivity index (χ3n) is 5.99. The average molecular weight is 411 g/mol. The highest BCUT2D eigenvalue weighted by molar-refractivity contribution is 6.08. The van der Waals surface area contributed by atoms with Crippen molar-refractivity contribution in [3.63, 3.8) is 0 Å². The molecule has 0 spiro atoms. The zero-order valence-electron chi connectivity index (χ0n) is 16.4. The summed E-state index contributed by atoms with van der Waals surface area (Å²) in [5, 5.41) is 1.32. The van der Waals surface area contributed by atoms with Gasteiger partial charge in [0, 0.05) is 34.9 Å². The van der Waals surface area contributed by atoms with Crippen LogP contribution in [0.5, 0.6) is 5.88 Å². The number of hydrogen-bond acceptors (Lipinski definition) is 3. The maximum Gasteiger partial charge on any atom is 0.319 e. The molecule has 0 N–H and O–H groups in total. The van der Waals surface area contributed by atoms with Gasteiger partial charge in [-0.3, -0.25) is 9.55 Å². The van der Waals surface area contributed by atoms with Gasteiger partial charge in [0.15, 0.2) is 5.82 Å². The van der Waals surface area contributed by atoms with Crippen molar-refractivity contribution in [2.75, 3.05) is 0 Å². The lowest BCUT2D eigenvalue weighted by Crippen LogP contribution is -2.33. The van der Waals surface area contributed by atoms with Gasteiger partial charge >= 0.3 is 6.55 Å². The van der Waals surface area contributed by atoms with E-state index in [1.54, 1.807) is 30.5 Å². The molecular weight excluding hydrogens is 391 g/mol. The largest absolute Gasteiger partial charge is 0.472 e. The predicted molar refractivity (Wildman–Crippen MR) is 109 cm³/mol. The number of alkyl halides is 2. The van der Waals surface area contributed by atoms with Gasteiger partial charge in [0.25, 0.3) is 5.88 Å². The van der Waals surface area contributed by atoms with Gasteiger partial charge in [0.2, 0.25) is 0 Å². The van der Waals surface area contributed by atoms with E-state index in [0.717, 1.165) is 23.8 Å². The Morgan fingerprint density at radius 2 is 1.90 bits per heavy atom. The molecule has 1 fully saturated rings. The molecule has 3 aromatic heterocycles. The molecule has 0 radical (unpaired) electrons. The van der Waals surface area contributed by atoms with Crippen LogP contribution in [-0.2, 0) is 0 Å². The van der Waals surface area contributed by atoms with Gasteiger partial charge in [-0.1, -0.05) is 25.5 Å². The summed E-state index contributed by atoms with van der Waals surface area (Å²) in [5.74, 6) is 0.0825. The van der Waals surface area contributed by atoms with E-state index in [9.17, 15) is 13.2 Å². The minimum Gasteiger partial charge on any atom is -0.472 e. The van der Waals surface area contributed by atoms with Gasteiger partial charge in [-0.05, 0) is 42.5 Å². The molecule has 0 bridgehead atoms. The van der Waals surface area contributed by atoms with Crippen molar-refractivity contribution in [2.24, 2.45) is 5.92 Å². The molecule has 1 aromatic carbocycles. The monoisotopic (exact) mass is 411 g/mol. The van der Waals surface area contributed by atoms with E-state index in [1.165, 1.54) is 18.5 Å². The number of benzene rings is 1. The molecule has 5 rings (SSSR count). The Balaban J connectivity index is 1.51. The molecule has 0 aliphatic heterocycles. The SMILES string of the molecule is CCC1CC(Oc2ncc(-c3ccc4c5cnccc5n(C(F)F)c4c3)cc2F)C1. The predicted octanol–water partition coefficient (Wildman–Crippen LogP) is 6.35. The van der Waals surface area contributed by atoms with E-state index in [4.69, 9.17) is 4.74 Å². The molecule has 154 valence electrons. The van der Waals surface area contributed by atoms with Crippen LogP contribution in [0.15, 0.2) is 48.9 Å². The van der Waals surface area contributed by atoms with E-state index in [2.05, 4.69) is 16.9 Å². The van der Waals surface area contributed by atoms with E-state index in [0.29, 0.717) is 38.9 Å². The zero-order valence-corrected chi connectivity index (χ0v) is 16.4. The van der Waals surface area contributed by atoms with Gasteiger partial charge in [-0.25, -0.2) is 9.37 Å². The van der Waals surface area contributed by atoms with E-state index in [-0.39, 0.29) is 12.0 Å². The number of ether oxygens (including phenoxy) is 1. The number of rotatable bonds is 5. The standard InChI is InChI=1S/C23H20F3N3O/c1-2-13-7-16(8-13)30-22-19(24)9-15(11-28-22)14-3-4-17-18-12-27-6-5-20(18)29(23(25)26)21(17)10-14/h3-6,9-13,16,23H,2,7-8H2,1H3. The molecule has 0 amide bonds. The summed E-state index contributed by atoms with van der Waals surface area (Å²) in [6.45, 7) is -0.572. The topological polar surface area (TPSA) is 39.9 Å². The van der Waals surface area contributed by atoms with Crippen LogP contribution in [0, 0.1) is 11.7 Å². The normalized spacial score (nSPS) is 18.8. The summed E-state index contributed by atoms with van der Waals surface area (Å²) in [4.78, 5) is 8.20. The van der Waals surface area contributed by atoms with Crippen molar-refractivity contribution in [3.05, 3.63) is 54.7 Å². The van der Waals surface area contributed by atoms with Crippen LogP contribution in [0.3, 0.4) is 0 Å². The third-order valence-corrected chi connectivity index (χ3v) is 5.99. The minimum absolute atomic E-state index is 0.00727. The Hall–Kier alpha value is -3.09. The second-order valence-electron chi connectivity index (χ2n) is 7.77. The van der Waals surface area contributed by atoms with Crippen molar-refractivity contribution in [3.8, 4) is 17.0 Å². The maximum absolute atomic E-state index is 14.6. The number of fused-ring (bicyclic) bond motifs is 3. The fraction of sp³-hybridized carbons (Fsp3) is 0.304. The molecule has 30 heavy (non-hydrogen) atoms. The Bertz CT molecular complexity index is 1230. The molecule has 1 aliphatic carbocycles. The number of hydrogen-bond donors (Lipinski definition) is 0. The molecule has 4 aromatic rings. The first kappa shape index (κ1) is 18.9. The van der Waals surface area contributed by atoms with Gasteiger partial charge in [-0.15, -0.1) is 0 Å². The summed E-state index contributed by atoms with van der Waals surface area (Å²) in [5.41, 5.74) is 1.89. The summed E-state index contributed by atoms with van der Waals surface area (Å²) in [7, 11) is 0. The van der Waals surface area contributed by atoms with Crippen molar-refractivity contribution in [1.82, 2.24) is 14.5 Å². The van der Waals surface area contributed by atoms with Gasteiger partial charge in [-0.2, -0.15) is 8.78 Å². The summed E-state index contributed by atoms with van der Waals surface area (Å²) in [6, 6.07) is 8.08. The van der Waals surface area contributed by atoms with Crippen LogP contribution in [-0.4, -0.2) is 20.6 Å². The smallest absolute Gasteiger partial charge is 0.319 e. The second-order valence-corrected chi connectivity index (χ2v) is 7.77. The molecule has 4 nitrogen and oxygen atoms in total. The van der Waals surface area contributed by atoms with Crippen LogP contribution in [0.25, 0.3) is 32.9 Å². The summed E-state index contributed by atoms with van der Waals surface area (Å²) < 4.78 is 48.8. The van der Waals surface area contributed by atoms with Crippen molar-refractivity contribution in [1.29, 1.82) is 0 Å². The van der Waals surface area contributed by atoms with Gasteiger partial charge in [0.1, 0.15) is 6.10 Å². The second kappa shape index (κ2) is 7.31. The van der Waals surface area contributed by atoms with Crippen molar-refractivity contribution >= 4 is 21.8 Å². The van der Waals surface area contributed by atoms with Crippen LogP contribution in [0.2, 0.25) is 0 Å². The minimum atomic E-state index is -2.71. The quantitative estimate of drug-likeness (QED) is 0.384. The average Bonchev–Trinajstić information content (AvgIpc) is 3.05. The molecule has 1 aliphatic rings. The Morgan fingerprint density at radius 3 is 2.63 bits per heavy atom. The van der Waals surface area contributed by atoms with Crippen LogP contribution in [0.4, 0.5) is 13.2 Å².